The fraction of sp³-hybridized carbons (Fsp3) is 0.579. The second-order valence-corrected chi connectivity index (χ2v) is 6.84. The van der Waals surface area contributed by atoms with Crippen LogP contribution in [-0.2, 0) is 11.3 Å². The van der Waals surface area contributed by atoms with E-state index >= 15 is 0 Å². The van der Waals surface area contributed by atoms with E-state index in [9.17, 15) is 9.59 Å². The Morgan fingerprint density at radius 1 is 1.12 bits per heavy atom. The van der Waals surface area contributed by atoms with Crippen LogP contribution in [0.5, 0.6) is 0 Å². The van der Waals surface area contributed by atoms with Gasteiger partial charge in [0.1, 0.15) is 0 Å². The van der Waals surface area contributed by atoms with Crippen LogP contribution in [0.4, 0.5) is 4.79 Å². The highest BCUT2D eigenvalue weighted by Crippen LogP contribution is 2.05. The molecule has 0 fully saturated rings. The molecule has 6 nitrogen and oxygen atoms in total. The number of amides is 3. The Kier molecular flexibility index (Phi) is 8.99. The molecule has 1 aromatic rings. The van der Waals surface area contributed by atoms with Gasteiger partial charge in [-0.15, -0.1) is 0 Å². The van der Waals surface area contributed by atoms with Crippen LogP contribution >= 0.6 is 0 Å². The van der Waals surface area contributed by atoms with Crippen molar-refractivity contribution in [3.63, 3.8) is 0 Å². The number of urea groups is 1. The first-order chi connectivity index (χ1) is 11.8. The number of carbonyl (C=O) groups excluding carboxylic acids is 2. The number of benzene rings is 1. The van der Waals surface area contributed by atoms with Crippen molar-refractivity contribution in [2.24, 2.45) is 11.7 Å². The Hall–Kier alpha value is -2.08. The van der Waals surface area contributed by atoms with Crippen molar-refractivity contribution in [3.8, 4) is 0 Å². The highest BCUT2D eigenvalue weighted by Gasteiger charge is 2.14. The summed E-state index contributed by atoms with van der Waals surface area (Å²) in [5.41, 5.74) is 7.07. The summed E-state index contributed by atoms with van der Waals surface area (Å²) >= 11 is 0. The second-order valence-electron chi connectivity index (χ2n) is 6.84. The quantitative estimate of drug-likeness (QED) is 0.717. The van der Waals surface area contributed by atoms with Crippen molar-refractivity contribution < 1.29 is 9.59 Å². The van der Waals surface area contributed by atoms with Gasteiger partial charge in [0.05, 0.1) is 0 Å². The van der Waals surface area contributed by atoms with Crippen LogP contribution in [0.25, 0.3) is 0 Å². The predicted molar refractivity (Wildman–Crippen MR) is 101 cm³/mol. The first-order valence-corrected chi connectivity index (χ1v) is 8.83. The lowest BCUT2D eigenvalue weighted by Gasteiger charge is -2.22. The first kappa shape index (κ1) is 21.0. The van der Waals surface area contributed by atoms with E-state index in [1.165, 1.54) is 0 Å². The van der Waals surface area contributed by atoms with Gasteiger partial charge in [0.25, 0.3) is 0 Å². The number of nitrogens with two attached hydrogens (primary N) is 1. The highest BCUT2D eigenvalue weighted by molar-refractivity contribution is 5.78. The van der Waals surface area contributed by atoms with E-state index in [-0.39, 0.29) is 18.0 Å². The zero-order chi connectivity index (χ0) is 18.8. The van der Waals surface area contributed by atoms with Crippen LogP contribution in [0.2, 0.25) is 0 Å². The maximum Gasteiger partial charge on any atom is 0.317 e. The van der Waals surface area contributed by atoms with Crippen molar-refractivity contribution in [3.05, 3.63) is 35.9 Å². The zero-order valence-corrected chi connectivity index (χ0v) is 15.9. The number of nitrogens with zero attached hydrogens (tertiary/aromatic N) is 2. The number of carbonyl (C=O) groups is 2. The maximum absolute atomic E-state index is 12.1. The minimum atomic E-state index is -0.180. The summed E-state index contributed by atoms with van der Waals surface area (Å²) in [5.74, 6) is 0.421. The molecule has 3 amide bonds. The second kappa shape index (κ2) is 10.7. The zero-order valence-electron chi connectivity index (χ0n) is 15.9. The highest BCUT2D eigenvalue weighted by atomic mass is 16.2. The molecule has 0 aliphatic heterocycles. The average Bonchev–Trinajstić information content (AvgIpc) is 2.59. The Bertz CT molecular complexity index is 533. The molecule has 0 saturated carbocycles. The molecular formula is C19H32N4O2. The fourth-order valence-corrected chi connectivity index (χ4v) is 2.33. The van der Waals surface area contributed by atoms with Gasteiger partial charge in [-0.2, -0.15) is 0 Å². The first-order valence-electron chi connectivity index (χ1n) is 8.83. The largest absolute Gasteiger partial charge is 0.346 e. The van der Waals surface area contributed by atoms with E-state index in [1.807, 2.05) is 30.3 Å². The summed E-state index contributed by atoms with van der Waals surface area (Å²) in [5, 5.41) is 2.79. The van der Waals surface area contributed by atoms with Crippen LogP contribution in [0.1, 0.15) is 32.3 Å². The van der Waals surface area contributed by atoms with Gasteiger partial charge in [-0.3, -0.25) is 4.79 Å². The summed E-state index contributed by atoms with van der Waals surface area (Å²) < 4.78 is 0. The molecule has 1 atom stereocenters. The Morgan fingerprint density at radius 2 is 1.76 bits per heavy atom. The molecule has 0 bridgehead atoms. The number of rotatable bonds is 9. The molecule has 0 aromatic heterocycles. The minimum absolute atomic E-state index is 0.0157. The van der Waals surface area contributed by atoms with E-state index < -0.39 is 0 Å². The average molecular weight is 348 g/mol. The SMILES string of the molecule is CC(C)C(N)CCN(C)C(=O)CCNC(=O)N(C)Cc1ccccc1. The van der Waals surface area contributed by atoms with Crippen molar-refractivity contribution in [1.29, 1.82) is 0 Å². The predicted octanol–water partition coefficient (Wildman–Crippen LogP) is 2.05. The van der Waals surface area contributed by atoms with Crippen LogP contribution in [0.3, 0.4) is 0 Å². The molecule has 3 N–H and O–H groups in total. The van der Waals surface area contributed by atoms with Gasteiger partial charge in [-0.25, -0.2) is 4.79 Å². The van der Waals surface area contributed by atoms with Crippen LogP contribution in [0.15, 0.2) is 30.3 Å². The van der Waals surface area contributed by atoms with Gasteiger partial charge in [-0.05, 0) is 17.9 Å². The molecule has 0 saturated heterocycles. The number of nitrogens with one attached hydrogen (secondary N) is 1. The topological polar surface area (TPSA) is 78.7 Å². The molecule has 0 radical (unpaired) electrons. The van der Waals surface area contributed by atoms with Crippen LogP contribution in [-0.4, -0.2) is 55.0 Å². The van der Waals surface area contributed by atoms with Crippen LogP contribution < -0.4 is 11.1 Å². The van der Waals surface area contributed by atoms with Crippen molar-refractivity contribution in [2.75, 3.05) is 27.2 Å². The smallest absolute Gasteiger partial charge is 0.317 e. The molecule has 1 aromatic carbocycles. The van der Waals surface area contributed by atoms with Crippen molar-refractivity contribution >= 4 is 11.9 Å². The molecule has 1 unspecified atom stereocenters. The van der Waals surface area contributed by atoms with Gasteiger partial charge < -0.3 is 20.9 Å². The summed E-state index contributed by atoms with van der Waals surface area (Å²) in [6, 6.07) is 9.71. The Morgan fingerprint density at radius 3 is 2.36 bits per heavy atom. The van der Waals surface area contributed by atoms with E-state index in [1.54, 1.807) is 23.9 Å². The minimum Gasteiger partial charge on any atom is -0.346 e. The standard InChI is InChI=1S/C19H32N4O2/c1-15(2)17(20)11-13-22(3)18(24)10-12-21-19(25)23(4)14-16-8-6-5-7-9-16/h5-9,15,17H,10-14,20H2,1-4H3,(H,21,25). The molecule has 1 rings (SSSR count). The molecular weight excluding hydrogens is 316 g/mol. The van der Waals surface area contributed by atoms with Gasteiger partial charge >= 0.3 is 6.03 Å². The van der Waals surface area contributed by atoms with Gasteiger partial charge in [-0.1, -0.05) is 44.2 Å². The van der Waals surface area contributed by atoms with E-state index in [0.29, 0.717) is 32.0 Å². The third-order valence-electron chi connectivity index (χ3n) is 4.30. The van der Waals surface area contributed by atoms with Gasteiger partial charge in [0.2, 0.25) is 5.91 Å². The monoisotopic (exact) mass is 348 g/mol. The number of hydrogen-bond acceptors (Lipinski definition) is 3. The van der Waals surface area contributed by atoms with Gasteiger partial charge in [0.15, 0.2) is 0 Å². The maximum atomic E-state index is 12.1. The van der Waals surface area contributed by atoms with Crippen LogP contribution in [0, 0.1) is 5.92 Å². The molecule has 25 heavy (non-hydrogen) atoms. The lowest BCUT2D eigenvalue weighted by atomic mass is 10.0. The summed E-state index contributed by atoms with van der Waals surface area (Å²) in [6.45, 7) is 5.66. The molecule has 0 aliphatic rings. The third-order valence-corrected chi connectivity index (χ3v) is 4.30. The molecule has 0 heterocycles. The lowest BCUT2D eigenvalue weighted by molar-refractivity contribution is -0.129. The molecule has 0 spiro atoms. The van der Waals surface area contributed by atoms with E-state index in [4.69, 9.17) is 5.73 Å². The summed E-state index contributed by atoms with van der Waals surface area (Å²) in [7, 11) is 3.52. The van der Waals surface area contributed by atoms with Crippen molar-refractivity contribution in [1.82, 2.24) is 15.1 Å². The van der Waals surface area contributed by atoms with E-state index in [0.717, 1.165) is 12.0 Å². The van der Waals surface area contributed by atoms with E-state index in [2.05, 4.69) is 19.2 Å². The Labute approximate surface area is 151 Å². The molecule has 140 valence electrons. The number of hydrogen-bond donors (Lipinski definition) is 2. The fourth-order valence-electron chi connectivity index (χ4n) is 2.33. The lowest BCUT2D eigenvalue weighted by Crippen LogP contribution is -2.39. The summed E-state index contributed by atoms with van der Waals surface area (Å²) in [6.07, 6.45) is 1.07. The molecule has 0 aliphatic carbocycles. The third kappa shape index (κ3) is 8.03. The normalized spacial score (nSPS) is 11.9. The van der Waals surface area contributed by atoms with Gasteiger partial charge in [0, 0.05) is 46.2 Å². The Balaban J connectivity index is 2.26. The van der Waals surface area contributed by atoms with Crippen molar-refractivity contribution in [2.45, 2.75) is 39.3 Å². The molecule has 6 heteroatoms. The summed E-state index contributed by atoms with van der Waals surface area (Å²) in [4.78, 5) is 27.4.